The molecular weight excluding hydrogens is 277 g/mol. The smallest absolute Gasteiger partial charge is 0.174 e. The summed E-state index contributed by atoms with van der Waals surface area (Å²) < 4.78 is 19.4. The molecule has 4 heteroatoms. The van der Waals surface area contributed by atoms with Crippen molar-refractivity contribution in [2.75, 3.05) is 6.54 Å². The fourth-order valence-electron chi connectivity index (χ4n) is 1.75. The van der Waals surface area contributed by atoms with E-state index in [0.29, 0.717) is 12.1 Å². The minimum atomic E-state index is -0.481. The molecule has 0 bridgehead atoms. The molecule has 2 aromatic carbocycles. The van der Waals surface area contributed by atoms with E-state index < -0.39 is 5.82 Å². The van der Waals surface area contributed by atoms with Gasteiger partial charge in [-0.3, -0.25) is 0 Å². The topological polar surface area (TPSA) is 35.2 Å². The Morgan fingerprint density at radius 3 is 2.60 bits per heavy atom. The lowest BCUT2D eigenvalue weighted by Gasteiger charge is -2.10. The van der Waals surface area contributed by atoms with Crippen molar-refractivity contribution in [3.05, 3.63) is 70.5 Å². The highest BCUT2D eigenvalue weighted by Crippen LogP contribution is 2.30. The number of hydrogen-bond acceptors (Lipinski definition) is 2. The maximum Gasteiger partial charge on any atom is 0.174 e. The van der Waals surface area contributed by atoms with Crippen LogP contribution in [0, 0.1) is 5.82 Å². The summed E-state index contributed by atoms with van der Waals surface area (Å²) in [6, 6.07) is 12.5. The molecule has 0 fully saturated rings. The lowest BCUT2D eigenvalue weighted by atomic mass is 10.2. The van der Waals surface area contributed by atoms with Crippen LogP contribution in [0.1, 0.15) is 11.1 Å². The number of halogens is 2. The molecule has 2 aromatic rings. The fourth-order valence-corrected chi connectivity index (χ4v) is 2.02. The van der Waals surface area contributed by atoms with Crippen LogP contribution in [0.3, 0.4) is 0 Å². The van der Waals surface area contributed by atoms with Crippen molar-refractivity contribution in [3.8, 4) is 5.75 Å². The van der Waals surface area contributed by atoms with E-state index in [1.807, 2.05) is 30.3 Å². The van der Waals surface area contributed by atoms with Gasteiger partial charge < -0.3 is 10.5 Å². The molecule has 0 amide bonds. The summed E-state index contributed by atoms with van der Waals surface area (Å²) in [5, 5.41) is 0.248. The van der Waals surface area contributed by atoms with Gasteiger partial charge in [0.25, 0.3) is 0 Å². The number of hydrogen-bond donors (Lipinski definition) is 1. The van der Waals surface area contributed by atoms with E-state index in [4.69, 9.17) is 22.1 Å². The van der Waals surface area contributed by atoms with Crippen molar-refractivity contribution in [2.24, 2.45) is 5.73 Å². The van der Waals surface area contributed by atoms with Crippen LogP contribution >= 0.6 is 11.6 Å². The van der Waals surface area contributed by atoms with E-state index in [9.17, 15) is 4.39 Å². The van der Waals surface area contributed by atoms with Crippen LogP contribution in [0.5, 0.6) is 5.75 Å². The number of rotatable bonds is 5. The second kappa shape index (κ2) is 7.08. The zero-order valence-corrected chi connectivity index (χ0v) is 11.6. The summed E-state index contributed by atoms with van der Waals surface area (Å²) in [5.41, 5.74) is 6.97. The molecule has 2 nitrogen and oxygen atoms in total. The SMILES string of the molecule is NC/C=C/c1cc(F)c(OCc2ccccc2)c(Cl)c1. The van der Waals surface area contributed by atoms with Gasteiger partial charge in [-0.25, -0.2) is 4.39 Å². The highest BCUT2D eigenvalue weighted by Gasteiger charge is 2.10. The zero-order chi connectivity index (χ0) is 14.4. The van der Waals surface area contributed by atoms with Gasteiger partial charge in [-0.2, -0.15) is 0 Å². The third-order valence-corrected chi connectivity index (χ3v) is 2.97. The van der Waals surface area contributed by atoms with E-state index in [1.54, 1.807) is 18.2 Å². The molecule has 0 unspecified atom stereocenters. The molecule has 0 aromatic heterocycles. The maximum absolute atomic E-state index is 14.0. The lowest BCUT2D eigenvalue weighted by Crippen LogP contribution is -1.98. The monoisotopic (exact) mass is 291 g/mol. The number of ether oxygens (including phenoxy) is 1. The molecule has 0 heterocycles. The highest BCUT2D eigenvalue weighted by molar-refractivity contribution is 6.32. The zero-order valence-electron chi connectivity index (χ0n) is 10.9. The molecule has 0 radical (unpaired) electrons. The maximum atomic E-state index is 14.0. The average molecular weight is 292 g/mol. The van der Waals surface area contributed by atoms with Crippen molar-refractivity contribution < 1.29 is 9.13 Å². The van der Waals surface area contributed by atoms with E-state index >= 15 is 0 Å². The highest BCUT2D eigenvalue weighted by atomic mass is 35.5. The predicted octanol–water partition coefficient (Wildman–Crippen LogP) is 4.03. The molecule has 0 aliphatic rings. The Bertz CT molecular complexity index is 576. The van der Waals surface area contributed by atoms with Crippen LogP contribution in [0.4, 0.5) is 4.39 Å². The van der Waals surface area contributed by atoms with Crippen LogP contribution in [0.2, 0.25) is 5.02 Å². The van der Waals surface area contributed by atoms with Crippen LogP contribution in [-0.4, -0.2) is 6.54 Å². The van der Waals surface area contributed by atoms with E-state index in [1.165, 1.54) is 6.07 Å². The van der Waals surface area contributed by atoms with Crippen molar-refractivity contribution in [2.45, 2.75) is 6.61 Å². The Kier molecular flexibility index (Phi) is 5.16. The number of benzene rings is 2. The van der Waals surface area contributed by atoms with Gasteiger partial charge >= 0.3 is 0 Å². The van der Waals surface area contributed by atoms with E-state index in [0.717, 1.165) is 5.56 Å². The molecule has 0 aliphatic carbocycles. The molecule has 0 spiro atoms. The quantitative estimate of drug-likeness (QED) is 0.902. The predicted molar refractivity (Wildman–Crippen MR) is 80.3 cm³/mol. The van der Waals surface area contributed by atoms with Gasteiger partial charge in [-0.05, 0) is 23.3 Å². The molecule has 104 valence electrons. The molecule has 0 aliphatic heterocycles. The summed E-state index contributed by atoms with van der Waals surface area (Å²) >= 11 is 6.05. The van der Waals surface area contributed by atoms with Gasteiger partial charge in [0.2, 0.25) is 0 Å². The Morgan fingerprint density at radius 2 is 1.95 bits per heavy atom. The third-order valence-electron chi connectivity index (χ3n) is 2.69. The summed E-state index contributed by atoms with van der Waals surface area (Å²) in [7, 11) is 0. The largest absolute Gasteiger partial charge is 0.484 e. The molecule has 0 saturated heterocycles. The van der Waals surface area contributed by atoms with Crippen molar-refractivity contribution >= 4 is 17.7 Å². The molecule has 0 saturated carbocycles. The summed E-state index contributed by atoms with van der Waals surface area (Å²) in [4.78, 5) is 0. The summed E-state index contributed by atoms with van der Waals surface area (Å²) in [5.74, 6) is -0.412. The van der Waals surface area contributed by atoms with Gasteiger partial charge in [-0.1, -0.05) is 54.1 Å². The first-order valence-electron chi connectivity index (χ1n) is 6.23. The number of nitrogens with two attached hydrogens (primary N) is 1. The molecule has 2 N–H and O–H groups in total. The van der Waals surface area contributed by atoms with Gasteiger partial charge in [0.05, 0.1) is 5.02 Å². The van der Waals surface area contributed by atoms with Crippen molar-refractivity contribution in [1.29, 1.82) is 0 Å². The van der Waals surface area contributed by atoms with Gasteiger partial charge in [-0.15, -0.1) is 0 Å². The minimum absolute atomic E-state index is 0.0698. The van der Waals surface area contributed by atoms with Crippen LogP contribution in [-0.2, 0) is 6.61 Å². The first-order chi connectivity index (χ1) is 9.70. The normalized spacial score (nSPS) is 10.9. The average Bonchev–Trinajstić information content (AvgIpc) is 2.45. The Hall–Kier alpha value is -1.84. The third kappa shape index (κ3) is 3.83. The van der Waals surface area contributed by atoms with Gasteiger partial charge in [0, 0.05) is 6.54 Å². The van der Waals surface area contributed by atoms with Crippen LogP contribution in [0.25, 0.3) is 6.08 Å². The second-order valence-corrected chi connectivity index (χ2v) is 4.63. The Balaban J connectivity index is 2.14. The van der Waals surface area contributed by atoms with E-state index in [-0.39, 0.29) is 17.4 Å². The molecule has 0 atom stereocenters. The van der Waals surface area contributed by atoms with E-state index in [2.05, 4.69) is 0 Å². The van der Waals surface area contributed by atoms with Crippen molar-refractivity contribution in [1.82, 2.24) is 0 Å². The Labute approximate surface area is 122 Å². The Morgan fingerprint density at radius 1 is 1.20 bits per heavy atom. The second-order valence-electron chi connectivity index (χ2n) is 4.23. The van der Waals surface area contributed by atoms with Crippen LogP contribution < -0.4 is 10.5 Å². The fraction of sp³-hybridized carbons (Fsp3) is 0.125. The first-order valence-corrected chi connectivity index (χ1v) is 6.61. The molecule has 2 rings (SSSR count). The van der Waals surface area contributed by atoms with Gasteiger partial charge in [0.1, 0.15) is 6.61 Å². The molecule has 20 heavy (non-hydrogen) atoms. The molecular formula is C16H15ClFNO. The minimum Gasteiger partial charge on any atom is -0.484 e. The van der Waals surface area contributed by atoms with Crippen molar-refractivity contribution in [3.63, 3.8) is 0 Å². The standard InChI is InChI=1S/C16H15ClFNO/c17-14-9-13(7-4-8-19)10-15(18)16(14)20-11-12-5-2-1-3-6-12/h1-7,9-10H,8,11,19H2/b7-4+. The van der Waals surface area contributed by atoms with Crippen LogP contribution in [0.15, 0.2) is 48.5 Å². The summed E-state index contributed by atoms with van der Waals surface area (Å²) in [6.45, 7) is 0.668. The summed E-state index contributed by atoms with van der Waals surface area (Å²) in [6.07, 6.45) is 3.45. The lowest BCUT2D eigenvalue weighted by molar-refractivity contribution is 0.290. The first kappa shape index (κ1) is 14.6. The van der Waals surface area contributed by atoms with Gasteiger partial charge in [0.15, 0.2) is 11.6 Å².